The van der Waals surface area contributed by atoms with Crippen LogP contribution < -0.4 is 0 Å². The van der Waals surface area contributed by atoms with Gasteiger partial charge >= 0.3 is 0 Å². The van der Waals surface area contributed by atoms with Crippen LogP contribution >= 0.6 is 15.9 Å². The Bertz CT molecular complexity index is 593. The quantitative estimate of drug-likeness (QED) is 0.724. The van der Waals surface area contributed by atoms with E-state index in [-0.39, 0.29) is 18.4 Å². The summed E-state index contributed by atoms with van der Waals surface area (Å²) in [6.07, 6.45) is 1.27. The predicted octanol–water partition coefficient (Wildman–Crippen LogP) is 2.82. The molecule has 0 spiro atoms. The van der Waals surface area contributed by atoms with E-state index in [1.165, 1.54) is 0 Å². The number of nitrogens with zero attached hydrogens (tertiary/aromatic N) is 2. The summed E-state index contributed by atoms with van der Waals surface area (Å²) >= 11 is 3.45. The van der Waals surface area contributed by atoms with Gasteiger partial charge in [0.25, 0.3) is 0 Å². The zero-order valence-electron chi connectivity index (χ0n) is 15.3. The molecule has 0 atom stereocenters. The van der Waals surface area contributed by atoms with Gasteiger partial charge in [0.2, 0.25) is 11.8 Å². The number of hydrogen-bond donors (Lipinski definition) is 0. The molecule has 0 radical (unpaired) electrons. The molecule has 1 aliphatic heterocycles. The Morgan fingerprint density at radius 3 is 2.20 bits per heavy atom. The van der Waals surface area contributed by atoms with Gasteiger partial charge in [0.15, 0.2) is 0 Å². The highest BCUT2D eigenvalue weighted by molar-refractivity contribution is 9.10. The number of carbonyl (C=O) groups excluding carboxylic acids is 2. The summed E-state index contributed by atoms with van der Waals surface area (Å²) in [5.74, 6) is -0.0162. The third kappa shape index (κ3) is 4.42. The summed E-state index contributed by atoms with van der Waals surface area (Å²) in [6.45, 7) is 6.43. The second-order valence-corrected chi connectivity index (χ2v) is 7.34. The number of hydrogen-bond acceptors (Lipinski definition) is 3. The third-order valence-electron chi connectivity index (χ3n) is 4.99. The molecule has 0 unspecified atom stereocenters. The Kier molecular flexibility index (Phi) is 7.02. The summed E-state index contributed by atoms with van der Waals surface area (Å²) in [4.78, 5) is 29.0. The Morgan fingerprint density at radius 1 is 1.12 bits per heavy atom. The van der Waals surface area contributed by atoms with Crippen LogP contribution in [0.4, 0.5) is 0 Å². The van der Waals surface area contributed by atoms with Crippen molar-refractivity contribution < 1.29 is 14.3 Å². The van der Waals surface area contributed by atoms with E-state index in [0.717, 1.165) is 10.0 Å². The minimum Gasteiger partial charge on any atom is -0.381 e. The van der Waals surface area contributed by atoms with Crippen molar-refractivity contribution in [3.8, 4) is 0 Å². The van der Waals surface area contributed by atoms with Crippen molar-refractivity contribution in [1.29, 1.82) is 0 Å². The van der Waals surface area contributed by atoms with Crippen molar-refractivity contribution in [3.05, 3.63) is 34.3 Å². The molecule has 5 nitrogen and oxygen atoms in total. The SMILES string of the molecule is CCN(CC)C(=O)CN(C)C(=O)C1(c2ccc(Br)cc2)CCOCC1. The summed E-state index contributed by atoms with van der Waals surface area (Å²) in [7, 11) is 1.72. The number of rotatable bonds is 6. The fourth-order valence-electron chi connectivity index (χ4n) is 3.43. The van der Waals surface area contributed by atoms with E-state index in [1.807, 2.05) is 38.1 Å². The first kappa shape index (κ1) is 19.9. The van der Waals surface area contributed by atoms with E-state index in [0.29, 0.717) is 39.1 Å². The minimum atomic E-state index is -0.614. The summed E-state index contributed by atoms with van der Waals surface area (Å²) in [5, 5.41) is 0. The zero-order valence-corrected chi connectivity index (χ0v) is 16.8. The highest BCUT2D eigenvalue weighted by Crippen LogP contribution is 2.37. The lowest BCUT2D eigenvalue weighted by molar-refractivity contribution is -0.145. The molecule has 138 valence electrons. The number of carbonyl (C=O) groups is 2. The Morgan fingerprint density at radius 2 is 1.68 bits per heavy atom. The van der Waals surface area contributed by atoms with Crippen molar-refractivity contribution in [2.75, 3.05) is 39.9 Å². The van der Waals surface area contributed by atoms with Crippen molar-refractivity contribution in [1.82, 2.24) is 9.80 Å². The predicted molar refractivity (Wildman–Crippen MR) is 101 cm³/mol. The molecule has 0 aromatic heterocycles. The molecular formula is C19H27BrN2O3. The van der Waals surface area contributed by atoms with Gasteiger partial charge in [0, 0.05) is 37.8 Å². The molecule has 1 fully saturated rings. The van der Waals surface area contributed by atoms with Crippen LogP contribution in [0.2, 0.25) is 0 Å². The lowest BCUT2D eigenvalue weighted by Gasteiger charge is -2.39. The smallest absolute Gasteiger partial charge is 0.242 e. The van der Waals surface area contributed by atoms with Gasteiger partial charge in [0.05, 0.1) is 12.0 Å². The lowest BCUT2D eigenvalue weighted by atomic mass is 9.73. The fourth-order valence-corrected chi connectivity index (χ4v) is 3.70. The van der Waals surface area contributed by atoms with Crippen LogP contribution in [0.5, 0.6) is 0 Å². The monoisotopic (exact) mass is 410 g/mol. The average Bonchev–Trinajstić information content (AvgIpc) is 2.63. The number of benzene rings is 1. The third-order valence-corrected chi connectivity index (χ3v) is 5.52. The Balaban J connectivity index is 2.23. The first-order valence-electron chi connectivity index (χ1n) is 8.81. The summed E-state index contributed by atoms with van der Waals surface area (Å²) in [6, 6.07) is 7.91. The van der Waals surface area contributed by atoms with E-state index in [4.69, 9.17) is 4.74 Å². The van der Waals surface area contributed by atoms with Gasteiger partial charge in [0.1, 0.15) is 0 Å². The molecule has 0 N–H and O–H groups in total. The second kappa shape index (κ2) is 8.81. The molecule has 1 aliphatic rings. The number of halogens is 1. The molecule has 0 bridgehead atoms. The van der Waals surface area contributed by atoms with Crippen LogP contribution in [0.3, 0.4) is 0 Å². The van der Waals surface area contributed by atoms with E-state index in [2.05, 4.69) is 15.9 Å². The first-order valence-corrected chi connectivity index (χ1v) is 9.61. The largest absolute Gasteiger partial charge is 0.381 e. The zero-order chi connectivity index (χ0) is 18.4. The molecule has 2 amide bonds. The minimum absolute atomic E-state index is 0.00127. The van der Waals surface area contributed by atoms with Gasteiger partial charge in [-0.1, -0.05) is 28.1 Å². The molecule has 2 rings (SSSR count). The van der Waals surface area contributed by atoms with Crippen LogP contribution in [0.15, 0.2) is 28.7 Å². The van der Waals surface area contributed by atoms with Crippen LogP contribution in [-0.4, -0.2) is 61.5 Å². The number of ether oxygens (including phenoxy) is 1. The molecule has 1 saturated heterocycles. The lowest BCUT2D eigenvalue weighted by Crippen LogP contribution is -2.51. The maximum absolute atomic E-state index is 13.3. The molecular weight excluding hydrogens is 384 g/mol. The van der Waals surface area contributed by atoms with E-state index in [1.54, 1.807) is 16.8 Å². The van der Waals surface area contributed by atoms with Gasteiger partial charge in [-0.2, -0.15) is 0 Å². The first-order chi connectivity index (χ1) is 11.9. The van der Waals surface area contributed by atoms with Gasteiger partial charge in [-0.15, -0.1) is 0 Å². The number of amides is 2. The van der Waals surface area contributed by atoms with Crippen LogP contribution in [0, 0.1) is 0 Å². The van der Waals surface area contributed by atoms with Gasteiger partial charge in [-0.05, 0) is 44.4 Å². The molecule has 1 aromatic rings. The Hall–Kier alpha value is -1.40. The van der Waals surface area contributed by atoms with Crippen LogP contribution in [0.25, 0.3) is 0 Å². The Labute approximate surface area is 158 Å². The highest BCUT2D eigenvalue weighted by atomic mass is 79.9. The normalized spacial score (nSPS) is 16.3. The maximum atomic E-state index is 13.3. The van der Waals surface area contributed by atoms with Crippen molar-refractivity contribution in [3.63, 3.8) is 0 Å². The number of likely N-dealkylation sites (N-methyl/N-ethyl adjacent to an activating group) is 2. The maximum Gasteiger partial charge on any atom is 0.242 e. The second-order valence-electron chi connectivity index (χ2n) is 6.43. The fraction of sp³-hybridized carbons (Fsp3) is 0.579. The van der Waals surface area contributed by atoms with Gasteiger partial charge in [-0.25, -0.2) is 0 Å². The molecule has 6 heteroatoms. The summed E-state index contributed by atoms with van der Waals surface area (Å²) in [5.41, 5.74) is 0.378. The molecule has 25 heavy (non-hydrogen) atoms. The van der Waals surface area contributed by atoms with E-state index < -0.39 is 5.41 Å². The van der Waals surface area contributed by atoms with E-state index in [9.17, 15) is 9.59 Å². The van der Waals surface area contributed by atoms with Crippen LogP contribution in [0.1, 0.15) is 32.3 Å². The highest BCUT2D eigenvalue weighted by Gasteiger charge is 2.43. The van der Waals surface area contributed by atoms with Crippen molar-refractivity contribution in [2.24, 2.45) is 0 Å². The average molecular weight is 411 g/mol. The van der Waals surface area contributed by atoms with E-state index >= 15 is 0 Å². The van der Waals surface area contributed by atoms with Crippen molar-refractivity contribution in [2.45, 2.75) is 32.1 Å². The van der Waals surface area contributed by atoms with Crippen molar-refractivity contribution >= 4 is 27.7 Å². The molecule has 0 saturated carbocycles. The van der Waals surface area contributed by atoms with Gasteiger partial charge in [-0.3, -0.25) is 9.59 Å². The summed E-state index contributed by atoms with van der Waals surface area (Å²) < 4.78 is 6.48. The molecule has 1 heterocycles. The standard InChI is InChI=1S/C19H27BrN2O3/c1-4-22(5-2)17(23)14-21(3)18(24)19(10-12-25-13-11-19)15-6-8-16(20)9-7-15/h6-9H,4-5,10-14H2,1-3H3. The topological polar surface area (TPSA) is 49.9 Å². The van der Waals surface area contributed by atoms with Gasteiger partial charge < -0.3 is 14.5 Å². The molecule has 1 aromatic carbocycles. The molecule has 0 aliphatic carbocycles. The van der Waals surface area contributed by atoms with Crippen LogP contribution in [-0.2, 0) is 19.7 Å².